The van der Waals surface area contributed by atoms with Gasteiger partial charge in [0.2, 0.25) is 0 Å². The number of imidazole rings is 1. The molecular weight excluding hydrogens is 324 g/mol. The molecule has 0 unspecified atom stereocenters. The van der Waals surface area contributed by atoms with Gasteiger partial charge in [0, 0.05) is 0 Å². The number of rotatable bonds is 4. The van der Waals surface area contributed by atoms with E-state index in [1.807, 2.05) is 45.9 Å². The van der Waals surface area contributed by atoms with Gasteiger partial charge in [-0.15, -0.1) is 0 Å². The molecule has 3 rings (SSSR count). The van der Waals surface area contributed by atoms with Crippen molar-refractivity contribution in [2.24, 2.45) is 0 Å². The Bertz CT molecular complexity index is 1020. The molecule has 24 heavy (non-hydrogen) atoms. The Morgan fingerprint density at radius 1 is 1.08 bits per heavy atom. The molecule has 0 amide bonds. The van der Waals surface area contributed by atoms with Gasteiger partial charge in [-0.05, 0) is 68.7 Å². The molecule has 1 aromatic heterocycles. The smallest absolute Gasteiger partial charge is 0.273 e. The standard InChI is InChI=1S/C18H20N2O3S/c1-5-23-17-7-6-12(2)8-18(17)24(21,22)20-11-19-15-9-13(3)14(4)10-16(15)20/h6-11H,5H2,1-4H3. The summed E-state index contributed by atoms with van der Waals surface area (Å²) >= 11 is 0. The third kappa shape index (κ3) is 2.67. The third-order valence-electron chi connectivity index (χ3n) is 4.07. The first-order valence-corrected chi connectivity index (χ1v) is 9.22. The average Bonchev–Trinajstić information content (AvgIpc) is 2.93. The molecule has 0 aliphatic carbocycles. The molecule has 0 N–H and O–H groups in total. The van der Waals surface area contributed by atoms with Gasteiger partial charge in [0.05, 0.1) is 17.6 Å². The largest absolute Gasteiger partial charge is 0.492 e. The number of benzene rings is 2. The summed E-state index contributed by atoms with van der Waals surface area (Å²) in [5.41, 5.74) is 4.19. The molecule has 6 heteroatoms. The lowest BCUT2D eigenvalue weighted by Crippen LogP contribution is -2.14. The second-order valence-corrected chi connectivity index (χ2v) is 7.64. The third-order valence-corrected chi connectivity index (χ3v) is 5.75. The van der Waals surface area contributed by atoms with Crippen LogP contribution in [-0.2, 0) is 10.0 Å². The van der Waals surface area contributed by atoms with E-state index in [-0.39, 0.29) is 4.90 Å². The first-order chi connectivity index (χ1) is 11.3. The topological polar surface area (TPSA) is 61.2 Å². The fourth-order valence-corrected chi connectivity index (χ4v) is 4.14. The minimum Gasteiger partial charge on any atom is -0.492 e. The van der Waals surface area contributed by atoms with Gasteiger partial charge >= 0.3 is 0 Å². The van der Waals surface area contributed by atoms with E-state index < -0.39 is 10.0 Å². The Hall–Kier alpha value is -2.34. The maximum Gasteiger partial charge on any atom is 0.273 e. The Morgan fingerprint density at radius 3 is 2.50 bits per heavy atom. The zero-order valence-corrected chi connectivity index (χ0v) is 15.0. The van der Waals surface area contributed by atoms with Crippen molar-refractivity contribution in [1.82, 2.24) is 8.96 Å². The van der Waals surface area contributed by atoms with Crippen LogP contribution in [0, 0.1) is 20.8 Å². The van der Waals surface area contributed by atoms with E-state index in [1.165, 1.54) is 10.3 Å². The fourth-order valence-electron chi connectivity index (χ4n) is 2.63. The van der Waals surface area contributed by atoms with Crippen molar-refractivity contribution in [2.75, 3.05) is 6.61 Å². The van der Waals surface area contributed by atoms with Crippen LogP contribution in [0.3, 0.4) is 0 Å². The number of aromatic nitrogens is 2. The molecule has 5 nitrogen and oxygen atoms in total. The van der Waals surface area contributed by atoms with Crippen molar-refractivity contribution in [2.45, 2.75) is 32.6 Å². The summed E-state index contributed by atoms with van der Waals surface area (Å²) in [6.45, 7) is 8.02. The van der Waals surface area contributed by atoms with Gasteiger partial charge in [-0.25, -0.2) is 17.4 Å². The summed E-state index contributed by atoms with van der Waals surface area (Å²) in [5.74, 6) is 0.355. The van der Waals surface area contributed by atoms with E-state index in [0.717, 1.165) is 16.7 Å². The molecule has 1 heterocycles. The summed E-state index contributed by atoms with van der Waals surface area (Å²) in [7, 11) is -3.80. The Kier molecular flexibility index (Phi) is 4.09. The quantitative estimate of drug-likeness (QED) is 0.725. The fraction of sp³-hybridized carbons (Fsp3) is 0.278. The van der Waals surface area contributed by atoms with Crippen LogP contribution in [-0.4, -0.2) is 24.0 Å². The number of hydrogen-bond acceptors (Lipinski definition) is 4. The molecule has 0 aliphatic heterocycles. The summed E-state index contributed by atoms with van der Waals surface area (Å²) in [6, 6.07) is 8.92. The molecule has 2 aromatic carbocycles. The average molecular weight is 344 g/mol. The Balaban J connectivity index is 2.26. The highest BCUT2D eigenvalue weighted by molar-refractivity contribution is 7.90. The lowest BCUT2D eigenvalue weighted by molar-refractivity contribution is 0.331. The first-order valence-electron chi connectivity index (χ1n) is 7.78. The maximum atomic E-state index is 13.2. The minimum absolute atomic E-state index is 0.155. The molecule has 0 saturated carbocycles. The number of aryl methyl sites for hydroxylation is 3. The molecule has 0 aliphatic rings. The summed E-state index contributed by atoms with van der Waals surface area (Å²) in [4.78, 5) is 4.41. The van der Waals surface area contributed by atoms with Crippen molar-refractivity contribution in [3.63, 3.8) is 0 Å². The zero-order valence-electron chi connectivity index (χ0n) is 14.2. The molecule has 3 aromatic rings. The SMILES string of the molecule is CCOc1ccc(C)cc1S(=O)(=O)n1cnc2cc(C)c(C)cc21. The van der Waals surface area contributed by atoms with Crippen LogP contribution >= 0.6 is 0 Å². The van der Waals surface area contributed by atoms with Gasteiger partial charge in [0.25, 0.3) is 10.0 Å². The van der Waals surface area contributed by atoms with Gasteiger partial charge < -0.3 is 4.74 Å². The maximum absolute atomic E-state index is 13.2. The molecule has 126 valence electrons. The first kappa shape index (κ1) is 16.5. The van der Waals surface area contributed by atoms with E-state index in [0.29, 0.717) is 23.4 Å². The molecular formula is C18H20N2O3S. The molecule has 0 saturated heterocycles. The number of ether oxygens (including phenoxy) is 1. The van der Waals surface area contributed by atoms with Gasteiger partial charge in [-0.3, -0.25) is 0 Å². The van der Waals surface area contributed by atoms with Crippen LogP contribution in [0.1, 0.15) is 23.6 Å². The summed E-state index contributed by atoms with van der Waals surface area (Å²) in [6.07, 6.45) is 1.36. The minimum atomic E-state index is -3.80. The lowest BCUT2D eigenvalue weighted by atomic mass is 10.1. The van der Waals surface area contributed by atoms with Crippen LogP contribution in [0.2, 0.25) is 0 Å². The predicted octanol–water partition coefficient (Wildman–Crippen LogP) is 3.60. The van der Waals surface area contributed by atoms with E-state index in [2.05, 4.69) is 4.98 Å². The van der Waals surface area contributed by atoms with Crippen molar-refractivity contribution in [1.29, 1.82) is 0 Å². The van der Waals surface area contributed by atoms with E-state index in [9.17, 15) is 8.42 Å². The second kappa shape index (κ2) is 5.94. The molecule has 0 fully saturated rings. The van der Waals surface area contributed by atoms with E-state index in [4.69, 9.17) is 4.74 Å². The van der Waals surface area contributed by atoms with Crippen molar-refractivity contribution < 1.29 is 13.2 Å². The molecule has 0 atom stereocenters. The molecule has 0 bridgehead atoms. The van der Waals surface area contributed by atoms with Crippen LogP contribution in [0.25, 0.3) is 11.0 Å². The van der Waals surface area contributed by atoms with Crippen LogP contribution in [0.15, 0.2) is 41.6 Å². The number of fused-ring (bicyclic) bond motifs is 1. The van der Waals surface area contributed by atoms with E-state index in [1.54, 1.807) is 12.1 Å². The lowest BCUT2D eigenvalue weighted by Gasteiger charge is -2.13. The number of hydrogen-bond donors (Lipinski definition) is 0. The Labute approximate surface area is 142 Å². The van der Waals surface area contributed by atoms with Gasteiger partial charge in [-0.1, -0.05) is 6.07 Å². The van der Waals surface area contributed by atoms with Crippen molar-refractivity contribution >= 4 is 21.1 Å². The molecule has 0 spiro atoms. The second-order valence-electron chi connectivity index (χ2n) is 5.85. The van der Waals surface area contributed by atoms with Crippen molar-refractivity contribution in [3.05, 3.63) is 53.3 Å². The highest BCUT2D eigenvalue weighted by Crippen LogP contribution is 2.29. The van der Waals surface area contributed by atoms with Gasteiger partial charge in [-0.2, -0.15) is 0 Å². The van der Waals surface area contributed by atoms with Gasteiger partial charge in [0.1, 0.15) is 17.0 Å². The monoisotopic (exact) mass is 344 g/mol. The highest BCUT2D eigenvalue weighted by atomic mass is 32.2. The van der Waals surface area contributed by atoms with Crippen LogP contribution in [0.5, 0.6) is 5.75 Å². The van der Waals surface area contributed by atoms with Crippen LogP contribution in [0.4, 0.5) is 0 Å². The zero-order chi connectivity index (χ0) is 17.5. The predicted molar refractivity (Wildman–Crippen MR) is 94.1 cm³/mol. The van der Waals surface area contributed by atoms with Crippen LogP contribution < -0.4 is 4.74 Å². The highest BCUT2D eigenvalue weighted by Gasteiger charge is 2.24. The van der Waals surface area contributed by atoms with Crippen molar-refractivity contribution in [3.8, 4) is 5.75 Å². The summed E-state index contributed by atoms with van der Waals surface area (Å²) < 4.78 is 33.1. The summed E-state index contributed by atoms with van der Waals surface area (Å²) in [5, 5.41) is 0. The molecule has 0 radical (unpaired) electrons. The number of nitrogens with zero attached hydrogens (tertiary/aromatic N) is 2. The van der Waals surface area contributed by atoms with Gasteiger partial charge in [0.15, 0.2) is 0 Å². The van der Waals surface area contributed by atoms with E-state index >= 15 is 0 Å². The Morgan fingerprint density at radius 2 is 1.79 bits per heavy atom. The normalized spacial score (nSPS) is 11.8.